The maximum atomic E-state index is 12.2. The average molecular weight is 282 g/mol. The number of aliphatic carboxylic acids is 1. The summed E-state index contributed by atoms with van der Waals surface area (Å²) in [5.41, 5.74) is 0. The molecule has 0 bridgehead atoms. The highest BCUT2D eigenvalue weighted by atomic mass is 19.4. The Labute approximate surface area is 111 Å². The third-order valence-electron chi connectivity index (χ3n) is 3.09. The zero-order chi connectivity index (χ0) is 14.6. The highest BCUT2D eigenvalue weighted by Gasteiger charge is 2.34. The summed E-state index contributed by atoms with van der Waals surface area (Å²) >= 11 is 0. The third kappa shape index (κ3) is 6.24. The molecule has 1 heterocycles. The number of hydrogen-bond acceptors (Lipinski definition) is 3. The molecule has 0 aliphatic carbocycles. The van der Waals surface area contributed by atoms with E-state index >= 15 is 0 Å². The summed E-state index contributed by atoms with van der Waals surface area (Å²) in [6, 6.07) is -0.421. The topological polar surface area (TPSA) is 52.6 Å². The number of carboxylic acid groups (broad SMARTS) is 1. The van der Waals surface area contributed by atoms with Gasteiger partial charge >= 0.3 is 12.1 Å². The number of alkyl halides is 3. The normalized spacial score (nSPS) is 25.8. The molecule has 0 aromatic heterocycles. The van der Waals surface area contributed by atoms with Gasteiger partial charge in [0.05, 0.1) is 12.5 Å². The van der Waals surface area contributed by atoms with Gasteiger partial charge in [-0.1, -0.05) is 13.8 Å². The Morgan fingerprint density at radius 1 is 1.42 bits per heavy atom. The van der Waals surface area contributed by atoms with Crippen LogP contribution in [0.2, 0.25) is 0 Å². The van der Waals surface area contributed by atoms with E-state index in [-0.39, 0.29) is 6.42 Å². The molecule has 112 valence electrons. The van der Waals surface area contributed by atoms with Crippen LogP contribution in [0.3, 0.4) is 0 Å². The minimum atomic E-state index is -4.26. The first-order valence-corrected chi connectivity index (χ1v) is 6.42. The first-order valence-electron chi connectivity index (χ1n) is 6.42. The maximum Gasteiger partial charge on any atom is 0.401 e. The van der Waals surface area contributed by atoms with Crippen molar-refractivity contribution in [3.8, 4) is 0 Å². The third-order valence-corrected chi connectivity index (χ3v) is 3.09. The van der Waals surface area contributed by atoms with Crippen LogP contribution in [0, 0.1) is 11.8 Å². The minimum Gasteiger partial charge on any atom is -0.481 e. The van der Waals surface area contributed by atoms with Crippen LogP contribution < -0.4 is 5.32 Å². The van der Waals surface area contributed by atoms with Gasteiger partial charge in [0.15, 0.2) is 0 Å². The standard InChI is InChI=1S/C12H21F3N2O2/c1-8(2)4-17-5-9(11(18)19)3-10(6-17)16-7-12(13,14)15/h8-10,16H,3-7H2,1-2H3,(H,18,19). The Balaban J connectivity index is 2.57. The van der Waals surface area contributed by atoms with Crippen molar-refractivity contribution in [1.29, 1.82) is 0 Å². The van der Waals surface area contributed by atoms with E-state index < -0.39 is 30.7 Å². The lowest BCUT2D eigenvalue weighted by atomic mass is 9.93. The van der Waals surface area contributed by atoms with Crippen molar-refractivity contribution < 1.29 is 23.1 Å². The van der Waals surface area contributed by atoms with Gasteiger partial charge in [0, 0.05) is 25.7 Å². The molecule has 2 N–H and O–H groups in total. The van der Waals surface area contributed by atoms with Crippen molar-refractivity contribution in [1.82, 2.24) is 10.2 Å². The fourth-order valence-electron chi connectivity index (χ4n) is 2.44. The fraction of sp³-hybridized carbons (Fsp3) is 0.917. The number of nitrogens with zero attached hydrogens (tertiary/aromatic N) is 1. The zero-order valence-electron chi connectivity index (χ0n) is 11.2. The lowest BCUT2D eigenvalue weighted by Gasteiger charge is -2.37. The number of piperidine rings is 1. The Morgan fingerprint density at radius 2 is 2.05 bits per heavy atom. The zero-order valence-corrected chi connectivity index (χ0v) is 11.2. The van der Waals surface area contributed by atoms with Crippen molar-refractivity contribution >= 4 is 5.97 Å². The molecule has 1 fully saturated rings. The van der Waals surface area contributed by atoms with E-state index in [0.717, 1.165) is 0 Å². The first-order chi connectivity index (χ1) is 8.67. The van der Waals surface area contributed by atoms with E-state index in [1.165, 1.54) is 0 Å². The Morgan fingerprint density at radius 3 is 2.53 bits per heavy atom. The van der Waals surface area contributed by atoms with E-state index in [9.17, 15) is 18.0 Å². The van der Waals surface area contributed by atoms with Gasteiger partial charge < -0.3 is 15.3 Å². The molecule has 0 saturated carbocycles. The molecule has 2 atom stereocenters. The van der Waals surface area contributed by atoms with Crippen molar-refractivity contribution in [2.24, 2.45) is 11.8 Å². The second kappa shape index (κ2) is 6.56. The number of carbonyl (C=O) groups is 1. The molecule has 0 aromatic carbocycles. The molecule has 0 amide bonds. The number of nitrogens with one attached hydrogen (secondary N) is 1. The van der Waals surface area contributed by atoms with Crippen molar-refractivity contribution in [2.75, 3.05) is 26.2 Å². The van der Waals surface area contributed by atoms with Gasteiger partial charge in [0.2, 0.25) is 0 Å². The van der Waals surface area contributed by atoms with Gasteiger partial charge in [0.25, 0.3) is 0 Å². The monoisotopic (exact) mass is 282 g/mol. The Hall–Kier alpha value is -0.820. The second-order valence-electron chi connectivity index (χ2n) is 5.58. The van der Waals surface area contributed by atoms with Crippen LogP contribution in [0.4, 0.5) is 13.2 Å². The summed E-state index contributed by atoms with van der Waals surface area (Å²) in [5, 5.41) is 11.5. The molecule has 0 spiro atoms. The van der Waals surface area contributed by atoms with Gasteiger partial charge in [-0.05, 0) is 12.3 Å². The number of likely N-dealkylation sites (tertiary alicyclic amines) is 1. The molecule has 19 heavy (non-hydrogen) atoms. The molecular weight excluding hydrogens is 261 g/mol. The van der Waals surface area contributed by atoms with Gasteiger partial charge in [-0.3, -0.25) is 4.79 Å². The maximum absolute atomic E-state index is 12.2. The molecule has 1 aliphatic heterocycles. The summed E-state index contributed by atoms with van der Waals surface area (Å²) in [6.07, 6.45) is -4.01. The molecule has 1 saturated heterocycles. The molecule has 2 unspecified atom stereocenters. The van der Waals surface area contributed by atoms with Gasteiger partial charge in [-0.2, -0.15) is 13.2 Å². The summed E-state index contributed by atoms with van der Waals surface area (Å²) in [6.45, 7) is 4.52. The number of carboxylic acids is 1. The Bertz CT molecular complexity index is 308. The lowest BCUT2D eigenvalue weighted by Crippen LogP contribution is -2.53. The van der Waals surface area contributed by atoms with E-state index in [1.807, 2.05) is 18.7 Å². The van der Waals surface area contributed by atoms with Crippen LogP contribution in [-0.4, -0.2) is 54.4 Å². The number of hydrogen-bond donors (Lipinski definition) is 2. The van der Waals surface area contributed by atoms with E-state index in [0.29, 0.717) is 25.6 Å². The van der Waals surface area contributed by atoms with E-state index in [1.54, 1.807) is 0 Å². The largest absolute Gasteiger partial charge is 0.481 e. The minimum absolute atomic E-state index is 0.250. The highest BCUT2D eigenvalue weighted by molar-refractivity contribution is 5.70. The SMILES string of the molecule is CC(C)CN1CC(NCC(F)(F)F)CC(C(=O)O)C1. The predicted molar refractivity (Wildman–Crippen MR) is 64.9 cm³/mol. The van der Waals surface area contributed by atoms with Gasteiger partial charge in [-0.15, -0.1) is 0 Å². The highest BCUT2D eigenvalue weighted by Crippen LogP contribution is 2.20. The summed E-state index contributed by atoms with van der Waals surface area (Å²) in [4.78, 5) is 13.0. The van der Waals surface area contributed by atoms with Crippen LogP contribution in [0.25, 0.3) is 0 Å². The molecule has 1 aliphatic rings. The number of halogens is 3. The van der Waals surface area contributed by atoms with Gasteiger partial charge in [0.1, 0.15) is 0 Å². The van der Waals surface area contributed by atoms with Crippen LogP contribution in [0.5, 0.6) is 0 Å². The molecule has 1 rings (SSSR count). The predicted octanol–water partition coefficient (Wildman–Crippen LogP) is 1.57. The second-order valence-corrected chi connectivity index (χ2v) is 5.58. The summed E-state index contributed by atoms with van der Waals surface area (Å²) in [7, 11) is 0. The van der Waals surface area contributed by atoms with Crippen LogP contribution >= 0.6 is 0 Å². The average Bonchev–Trinajstić information content (AvgIpc) is 2.24. The molecule has 7 heteroatoms. The van der Waals surface area contributed by atoms with E-state index in [4.69, 9.17) is 5.11 Å². The van der Waals surface area contributed by atoms with Gasteiger partial charge in [-0.25, -0.2) is 0 Å². The van der Waals surface area contributed by atoms with E-state index in [2.05, 4.69) is 5.32 Å². The smallest absolute Gasteiger partial charge is 0.401 e. The van der Waals surface area contributed by atoms with Crippen molar-refractivity contribution in [2.45, 2.75) is 32.5 Å². The molecule has 4 nitrogen and oxygen atoms in total. The molecule has 0 radical (unpaired) electrons. The fourth-order valence-corrected chi connectivity index (χ4v) is 2.44. The van der Waals surface area contributed by atoms with Crippen molar-refractivity contribution in [3.63, 3.8) is 0 Å². The number of rotatable bonds is 5. The first kappa shape index (κ1) is 16.2. The molecular formula is C12H21F3N2O2. The van der Waals surface area contributed by atoms with Crippen molar-refractivity contribution in [3.05, 3.63) is 0 Å². The lowest BCUT2D eigenvalue weighted by molar-refractivity contribution is -0.144. The molecule has 0 aromatic rings. The quantitative estimate of drug-likeness (QED) is 0.803. The van der Waals surface area contributed by atoms with Crippen LogP contribution in [0.15, 0.2) is 0 Å². The summed E-state index contributed by atoms with van der Waals surface area (Å²) in [5.74, 6) is -1.18. The van der Waals surface area contributed by atoms with Crippen LogP contribution in [0.1, 0.15) is 20.3 Å². The summed E-state index contributed by atoms with van der Waals surface area (Å²) < 4.78 is 36.5. The Kier molecular flexibility index (Phi) is 5.61. The van der Waals surface area contributed by atoms with Crippen LogP contribution in [-0.2, 0) is 4.79 Å².